The monoisotopic (exact) mass is 433 g/mol. The predicted octanol–water partition coefficient (Wildman–Crippen LogP) is 3.78. The highest BCUT2D eigenvalue weighted by atomic mass is 127. The van der Waals surface area contributed by atoms with Crippen LogP contribution in [0.1, 0.15) is 44.6 Å². The van der Waals surface area contributed by atoms with Gasteiger partial charge in [0.2, 0.25) is 0 Å². The summed E-state index contributed by atoms with van der Waals surface area (Å²) in [7, 11) is 1.75. The zero-order chi connectivity index (χ0) is 16.0. The number of rotatable bonds is 10. The average molecular weight is 433 g/mol. The molecule has 0 aliphatic carbocycles. The molecule has 0 saturated heterocycles. The van der Waals surface area contributed by atoms with Crippen LogP contribution in [0.5, 0.6) is 0 Å². The fourth-order valence-corrected chi connectivity index (χ4v) is 2.21. The molecule has 0 saturated carbocycles. The number of ether oxygens (including phenoxy) is 1. The second-order valence-electron chi connectivity index (χ2n) is 5.51. The molecule has 132 valence electrons. The quantitative estimate of drug-likeness (QED) is 0.256. The summed E-state index contributed by atoms with van der Waals surface area (Å²) < 4.78 is 5.06. The van der Waals surface area contributed by atoms with Crippen molar-refractivity contribution in [3.8, 4) is 0 Å². The molecule has 1 atom stereocenters. The first-order chi connectivity index (χ1) is 10.8. The van der Waals surface area contributed by atoms with Gasteiger partial charge in [0.05, 0.1) is 0 Å². The van der Waals surface area contributed by atoms with Crippen molar-refractivity contribution in [1.29, 1.82) is 0 Å². The Morgan fingerprint density at radius 3 is 2.52 bits per heavy atom. The molecule has 5 heteroatoms. The second kappa shape index (κ2) is 14.8. The van der Waals surface area contributed by atoms with Crippen LogP contribution in [-0.2, 0) is 4.74 Å². The van der Waals surface area contributed by atoms with E-state index in [1.807, 2.05) is 0 Å². The van der Waals surface area contributed by atoms with Crippen LogP contribution in [0.3, 0.4) is 0 Å². The number of nitrogens with zero attached hydrogens (tertiary/aromatic N) is 1. The molecule has 4 nitrogen and oxygen atoms in total. The minimum absolute atomic E-state index is 0. The van der Waals surface area contributed by atoms with Crippen LogP contribution in [0.4, 0.5) is 0 Å². The Balaban J connectivity index is 0.00000484. The van der Waals surface area contributed by atoms with Crippen LogP contribution in [-0.4, -0.2) is 39.3 Å². The standard InChI is InChI=1S/C18H31N3O.HI/c1-4-19-18(20-13-9-6-10-14-22-3)21-15-16(2)17-11-7-5-8-12-17;/h5,7-8,11-12,16H,4,6,9-10,13-15H2,1-3H3,(H2,19,20,21);1H. The molecule has 1 unspecified atom stereocenters. The molecule has 23 heavy (non-hydrogen) atoms. The summed E-state index contributed by atoms with van der Waals surface area (Å²) in [6, 6.07) is 10.5. The van der Waals surface area contributed by atoms with Crippen molar-refractivity contribution in [1.82, 2.24) is 10.6 Å². The predicted molar refractivity (Wildman–Crippen MR) is 110 cm³/mol. The van der Waals surface area contributed by atoms with Gasteiger partial charge in [-0.1, -0.05) is 37.3 Å². The Kier molecular flexibility index (Phi) is 14.2. The number of nitrogens with one attached hydrogen (secondary N) is 2. The van der Waals surface area contributed by atoms with Gasteiger partial charge in [-0.2, -0.15) is 0 Å². The Morgan fingerprint density at radius 1 is 1.13 bits per heavy atom. The molecule has 0 aromatic heterocycles. The van der Waals surface area contributed by atoms with E-state index in [1.54, 1.807) is 7.11 Å². The highest BCUT2D eigenvalue weighted by Crippen LogP contribution is 2.14. The summed E-state index contributed by atoms with van der Waals surface area (Å²) >= 11 is 0. The minimum atomic E-state index is 0. The van der Waals surface area contributed by atoms with E-state index in [0.717, 1.165) is 45.0 Å². The molecule has 0 spiro atoms. The average Bonchev–Trinajstić information content (AvgIpc) is 2.56. The maximum atomic E-state index is 5.06. The van der Waals surface area contributed by atoms with Crippen LogP contribution >= 0.6 is 24.0 Å². The van der Waals surface area contributed by atoms with Gasteiger partial charge in [0.1, 0.15) is 0 Å². The van der Waals surface area contributed by atoms with Crippen LogP contribution in [0.25, 0.3) is 0 Å². The molecule has 2 N–H and O–H groups in total. The third-order valence-corrected chi connectivity index (χ3v) is 3.55. The Bertz CT molecular complexity index is 412. The van der Waals surface area contributed by atoms with Crippen LogP contribution < -0.4 is 10.6 Å². The lowest BCUT2D eigenvalue weighted by molar-refractivity contribution is 0.192. The molecule has 0 radical (unpaired) electrons. The smallest absolute Gasteiger partial charge is 0.191 e. The largest absolute Gasteiger partial charge is 0.385 e. The SMILES string of the molecule is CCNC(=NCC(C)c1ccccc1)NCCCCCOC.I. The molecular weight excluding hydrogens is 401 g/mol. The summed E-state index contributed by atoms with van der Waals surface area (Å²) in [5.74, 6) is 1.34. The number of unbranched alkanes of at least 4 members (excludes halogenated alkanes) is 2. The number of benzene rings is 1. The molecule has 0 amide bonds. The minimum Gasteiger partial charge on any atom is -0.385 e. The molecule has 0 bridgehead atoms. The number of guanidine groups is 1. The number of halogens is 1. The van der Waals surface area contributed by atoms with E-state index in [1.165, 1.54) is 12.0 Å². The van der Waals surface area contributed by atoms with Crippen molar-refractivity contribution in [2.24, 2.45) is 4.99 Å². The van der Waals surface area contributed by atoms with Crippen molar-refractivity contribution in [2.75, 3.05) is 33.4 Å². The van der Waals surface area contributed by atoms with Crippen molar-refractivity contribution < 1.29 is 4.74 Å². The van der Waals surface area contributed by atoms with Crippen LogP contribution in [0, 0.1) is 0 Å². The lowest BCUT2D eigenvalue weighted by Crippen LogP contribution is -2.38. The molecular formula is C18H32IN3O. The fraction of sp³-hybridized carbons (Fsp3) is 0.611. The maximum absolute atomic E-state index is 5.06. The third kappa shape index (κ3) is 10.5. The number of hydrogen-bond acceptors (Lipinski definition) is 2. The summed E-state index contributed by atoms with van der Waals surface area (Å²) in [6.07, 6.45) is 3.44. The summed E-state index contributed by atoms with van der Waals surface area (Å²) in [4.78, 5) is 4.69. The van der Waals surface area contributed by atoms with E-state index in [0.29, 0.717) is 5.92 Å². The van der Waals surface area contributed by atoms with Crippen LogP contribution in [0.15, 0.2) is 35.3 Å². The van der Waals surface area contributed by atoms with E-state index < -0.39 is 0 Å². The molecule has 1 aromatic carbocycles. The molecule has 0 aliphatic rings. The maximum Gasteiger partial charge on any atom is 0.191 e. The van der Waals surface area contributed by atoms with Gasteiger partial charge in [-0.25, -0.2) is 0 Å². The lowest BCUT2D eigenvalue weighted by atomic mass is 10.0. The van der Waals surface area contributed by atoms with Crippen LogP contribution in [0.2, 0.25) is 0 Å². The van der Waals surface area contributed by atoms with Crippen molar-refractivity contribution in [2.45, 2.75) is 39.0 Å². The van der Waals surface area contributed by atoms with Crippen molar-refractivity contribution >= 4 is 29.9 Å². The Labute approximate surface area is 158 Å². The van der Waals surface area contributed by atoms with Gasteiger partial charge in [0.15, 0.2) is 5.96 Å². The number of aliphatic imine (C=N–C) groups is 1. The Hall–Kier alpha value is -0.820. The summed E-state index contributed by atoms with van der Waals surface area (Å²) in [5.41, 5.74) is 1.33. The zero-order valence-electron chi connectivity index (χ0n) is 14.7. The second-order valence-corrected chi connectivity index (χ2v) is 5.51. The first-order valence-electron chi connectivity index (χ1n) is 8.34. The molecule has 1 rings (SSSR count). The van der Waals surface area contributed by atoms with E-state index in [2.05, 4.69) is 54.8 Å². The van der Waals surface area contributed by atoms with Gasteiger partial charge in [0.25, 0.3) is 0 Å². The molecule has 0 heterocycles. The highest BCUT2D eigenvalue weighted by molar-refractivity contribution is 14.0. The summed E-state index contributed by atoms with van der Waals surface area (Å²) in [5, 5.41) is 6.71. The molecule has 0 aliphatic heterocycles. The van der Waals surface area contributed by atoms with E-state index in [4.69, 9.17) is 9.73 Å². The van der Waals surface area contributed by atoms with Gasteiger partial charge < -0.3 is 15.4 Å². The highest BCUT2D eigenvalue weighted by Gasteiger charge is 2.04. The van der Waals surface area contributed by atoms with Crippen molar-refractivity contribution in [3.05, 3.63) is 35.9 Å². The van der Waals surface area contributed by atoms with E-state index >= 15 is 0 Å². The van der Waals surface area contributed by atoms with Gasteiger partial charge >= 0.3 is 0 Å². The Morgan fingerprint density at radius 2 is 1.87 bits per heavy atom. The normalized spacial score (nSPS) is 12.4. The first kappa shape index (κ1) is 22.2. The van der Waals surface area contributed by atoms with Gasteiger partial charge in [-0.3, -0.25) is 4.99 Å². The summed E-state index contributed by atoms with van der Waals surface area (Å²) in [6.45, 7) is 7.79. The molecule has 0 fully saturated rings. The van der Waals surface area contributed by atoms with Gasteiger partial charge in [-0.15, -0.1) is 24.0 Å². The number of methoxy groups -OCH3 is 1. The zero-order valence-corrected chi connectivity index (χ0v) is 17.0. The molecule has 1 aromatic rings. The fourth-order valence-electron chi connectivity index (χ4n) is 2.21. The first-order valence-corrected chi connectivity index (χ1v) is 8.34. The van der Waals surface area contributed by atoms with Crippen molar-refractivity contribution in [3.63, 3.8) is 0 Å². The number of hydrogen-bond donors (Lipinski definition) is 2. The van der Waals surface area contributed by atoms with Gasteiger partial charge in [-0.05, 0) is 31.7 Å². The topological polar surface area (TPSA) is 45.7 Å². The third-order valence-electron chi connectivity index (χ3n) is 3.55. The van der Waals surface area contributed by atoms with Gasteiger partial charge in [0, 0.05) is 39.3 Å². The van der Waals surface area contributed by atoms with E-state index in [9.17, 15) is 0 Å². The lowest BCUT2D eigenvalue weighted by Gasteiger charge is -2.13. The van der Waals surface area contributed by atoms with E-state index in [-0.39, 0.29) is 24.0 Å².